The predicted octanol–water partition coefficient (Wildman–Crippen LogP) is 3.35. The third kappa shape index (κ3) is 5.46. The molecule has 0 spiro atoms. The van der Waals surface area contributed by atoms with Gasteiger partial charge < -0.3 is 19.9 Å². The Labute approximate surface area is 164 Å². The molecule has 148 valence electrons. The number of hydrogen-bond donors (Lipinski definition) is 0. The number of hydrogen-bond acceptors (Lipinski definition) is 3. The summed E-state index contributed by atoms with van der Waals surface area (Å²) >= 11 is 0. The lowest BCUT2D eigenvalue weighted by Crippen LogP contribution is -2.68. The molecule has 0 bridgehead atoms. The maximum atomic E-state index is 12.9. The van der Waals surface area contributed by atoms with E-state index in [9.17, 15) is 4.79 Å². The van der Waals surface area contributed by atoms with Crippen molar-refractivity contribution in [1.82, 2.24) is 4.90 Å². The van der Waals surface area contributed by atoms with Gasteiger partial charge in [0.15, 0.2) is 6.29 Å². The highest BCUT2D eigenvalue weighted by molar-refractivity contribution is 6.96. The van der Waals surface area contributed by atoms with E-state index < -0.39 is 22.4 Å². The van der Waals surface area contributed by atoms with Gasteiger partial charge in [-0.25, -0.2) is 0 Å². The Bertz CT molecular complexity index is 672. The molecule has 1 heterocycles. The molecule has 8 heteroatoms. The second-order valence-electron chi connectivity index (χ2n) is 9.19. The van der Waals surface area contributed by atoms with Gasteiger partial charge in [-0.1, -0.05) is 69.6 Å². The van der Waals surface area contributed by atoms with Crippen molar-refractivity contribution in [2.45, 2.75) is 56.9 Å². The number of ether oxygens (including phenoxy) is 2. The van der Waals surface area contributed by atoms with Crippen LogP contribution in [0.5, 0.6) is 0 Å². The standard InChI is InChI=1S/C19H31N3O3Si2/c1-26(2,3)19(27(4,5)6)22(17(23)12-21-20)16-13-24-18(25-14-16)15-10-8-7-9-11-15/h7-12,16,18-19H,13-14H2,1-6H3. The van der Waals surface area contributed by atoms with Crippen molar-refractivity contribution < 1.29 is 19.1 Å². The summed E-state index contributed by atoms with van der Waals surface area (Å²) in [6, 6.07) is 9.61. The molecule has 0 atom stereocenters. The molecule has 6 nitrogen and oxygen atoms in total. The predicted molar refractivity (Wildman–Crippen MR) is 112 cm³/mol. The molecule has 1 saturated heterocycles. The molecule has 1 amide bonds. The van der Waals surface area contributed by atoms with Gasteiger partial charge in [0, 0.05) is 10.9 Å². The summed E-state index contributed by atoms with van der Waals surface area (Å²) in [6.07, 6.45) is 0.583. The largest absolute Gasteiger partial charge is 0.361 e. The van der Waals surface area contributed by atoms with Gasteiger partial charge in [-0.15, -0.1) is 0 Å². The molecule has 1 aliphatic rings. The van der Waals surface area contributed by atoms with Crippen molar-refractivity contribution in [3.63, 3.8) is 0 Å². The van der Waals surface area contributed by atoms with Gasteiger partial charge in [0.1, 0.15) is 0 Å². The fraction of sp³-hybridized carbons (Fsp3) is 0.579. The van der Waals surface area contributed by atoms with Crippen molar-refractivity contribution in [2.24, 2.45) is 0 Å². The van der Waals surface area contributed by atoms with Crippen LogP contribution in [0.25, 0.3) is 5.53 Å². The average Bonchev–Trinajstić information content (AvgIpc) is 2.58. The van der Waals surface area contributed by atoms with Crippen molar-refractivity contribution in [1.29, 1.82) is 0 Å². The van der Waals surface area contributed by atoms with Crippen molar-refractivity contribution in [3.05, 3.63) is 41.4 Å². The van der Waals surface area contributed by atoms with Gasteiger partial charge in [-0.2, -0.15) is 4.79 Å². The van der Waals surface area contributed by atoms with Crippen LogP contribution >= 0.6 is 0 Å². The highest BCUT2D eigenvalue weighted by Crippen LogP contribution is 2.30. The molecule has 1 aromatic rings. The van der Waals surface area contributed by atoms with Gasteiger partial charge in [0.05, 0.1) is 35.4 Å². The Morgan fingerprint density at radius 2 is 1.63 bits per heavy atom. The van der Waals surface area contributed by atoms with Crippen LogP contribution in [0.15, 0.2) is 30.3 Å². The van der Waals surface area contributed by atoms with Crippen LogP contribution in [-0.4, -0.2) is 62.5 Å². The van der Waals surface area contributed by atoms with Crippen molar-refractivity contribution in [2.75, 3.05) is 13.2 Å². The van der Waals surface area contributed by atoms with E-state index in [1.807, 2.05) is 35.2 Å². The third-order valence-electron chi connectivity index (χ3n) is 4.69. The maximum Gasteiger partial charge on any atom is 0.344 e. The van der Waals surface area contributed by atoms with E-state index in [1.54, 1.807) is 0 Å². The SMILES string of the molecule is C[Si](C)(C)C(N(C(=O)C=[N+]=[N-])C1COC(c2ccccc2)OC1)[Si](C)(C)C. The first-order valence-electron chi connectivity index (χ1n) is 9.33. The molecule has 1 aliphatic heterocycles. The summed E-state index contributed by atoms with van der Waals surface area (Å²) in [5, 5.41) is 0.168. The zero-order chi connectivity index (χ0) is 20.2. The summed E-state index contributed by atoms with van der Waals surface area (Å²) < 4.78 is 11.9. The molecular weight excluding hydrogens is 374 g/mol. The number of amides is 1. The topological polar surface area (TPSA) is 75.2 Å². The monoisotopic (exact) mass is 405 g/mol. The summed E-state index contributed by atoms with van der Waals surface area (Å²) in [5.41, 5.74) is 9.91. The summed E-state index contributed by atoms with van der Waals surface area (Å²) in [5.74, 6) is -0.275. The number of carbonyl (C=O) groups excluding carboxylic acids is 1. The summed E-state index contributed by atoms with van der Waals surface area (Å²) in [4.78, 5) is 17.8. The first-order valence-corrected chi connectivity index (χ1v) is 16.5. The van der Waals surface area contributed by atoms with E-state index in [0.717, 1.165) is 11.8 Å². The molecule has 0 unspecified atom stereocenters. The van der Waals surface area contributed by atoms with Gasteiger partial charge in [-0.05, 0) is 0 Å². The molecule has 0 radical (unpaired) electrons. The summed E-state index contributed by atoms with van der Waals surface area (Å²) in [7, 11) is -3.46. The lowest BCUT2D eigenvalue weighted by molar-refractivity contribution is -0.209. The van der Waals surface area contributed by atoms with Gasteiger partial charge in [-0.3, -0.25) is 4.79 Å². The van der Waals surface area contributed by atoms with Crippen molar-refractivity contribution in [3.8, 4) is 0 Å². The molecule has 1 aromatic carbocycles. The zero-order valence-corrected chi connectivity index (χ0v) is 19.2. The highest BCUT2D eigenvalue weighted by atomic mass is 28.4. The minimum Gasteiger partial charge on any atom is -0.361 e. The fourth-order valence-corrected chi connectivity index (χ4v) is 17.0. The average molecular weight is 406 g/mol. The molecule has 27 heavy (non-hydrogen) atoms. The number of nitrogens with zero attached hydrogens (tertiary/aromatic N) is 3. The second kappa shape index (κ2) is 8.62. The van der Waals surface area contributed by atoms with Crippen LogP contribution in [0.1, 0.15) is 11.9 Å². The van der Waals surface area contributed by atoms with E-state index >= 15 is 0 Å². The lowest BCUT2D eigenvalue weighted by atomic mass is 10.2. The normalized spacial score (nSPS) is 20.9. The molecule has 1 fully saturated rings. The third-order valence-corrected chi connectivity index (χ3v) is 13.7. The smallest absolute Gasteiger partial charge is 0.344 e. The van der Waals surface area contributed by atoms with Crippen LogP contribution in [-0.2, 0) is 14.3 Å². The number of rotatable bonds is 6. The van der Waals surface area contributed by atoms with Crippen LogP contribution in [0.2, 0.25) is 39.3 Å². The Kier molecular flexibility index (Phi) is 6.94. The van der Waals surface area contributed by atoms with Crippen LogP contribution in [0.4, 0.5) is 0 Å². The Hall–Kier alpha value is -1.58. The van der Waals surface area contributed by atoms with E-state index in [0.29, 0.717) is 13.2 Å². The maximum absolute atomic E-state index is 12.9. The molecule has 0 saturated carbocycles. The van der Waals surface area contributed by atoms with E-state index in [4.69, 9.17) is 15.0 Å². The minimum absolute atomic E-state index is 0.168. The van der Waals surface area contributed by atoms with Gasteiger partial charge in [0.25, 0.3) is 0 Å². The first-order chi connectivity index (χ1) is 12.6. The van der Waals surface area contributed by atoms with E-state index in [2.05, 4.69) is 44.1 Å². The molecule has 2 rings (SSSR count). The quantitative estimate of drug-likeness (QED) is 0.315. The Morgan fingerprint density at radius 3 is 2.07 bits per heavy atom. The van der Waals surface area contributed by atoms with E-state index in [-0.39, 0.29) is 17.2 Å². The summed E-state index contributed by atoms with van der Waals surface area (Å²) in [6.45, 7) is 14.5. The van der Waals surface area contributed by atoms with E-state index in [1.165, 1.54) is 0 Å². The minimum atomic E-state index is -1.73. The highest BCUT2D eigenvalue weighted by Gasteiger charge is 2.47. The van der Waals surface area contributed by atoms with Crippen molar-refractivity contribution >= 4 is 28.3 Å². The van der Waals surface area contributed by atoms with Crippen LogP contribution < -0.4 is 0 Å². The second-order valence-corrected chi connectivity index (χ2v) is 20.3. The first kappa shape index (κ1) is 21.7. The number of benzene rings is 1. The van der Waals surface area contributed by atoms with Crippen LogP contribution in [0.3, 0.4) is 0 Å². The van der Waals surface area contributed by atoms with Gasteiger partial charge >= 0.3 is 12.1 Å². The Morgan fingerprint density at radius 1 is 1.11 bits per heavy atom. The van der Waals surface area contributed by atoms with Crippen LogP contribution in [0, 0.1) is 0 Å². The Balaban J connectivity index is 2.28. The zero-order valence-electron chi connectivity index (χ0n) is 17.2. The fourth-order valence-electron chi connectivity index (χ4n) is 4.22. The number of carbonyl (C=O) groups is 1. The molecular formula is C19H31N3O3Si2. The van der Waals surface area contributed by atoms with Gasteiger partial charge in [0.2, 0.25) is 0 Å². The molecule has 0 aromatic heterocycles. The lowest BCUT2D eigenvalue weighted by Gasteiger charge is -2.49. The molecule has 0 aliphatic carbocycles. The molecule has 0 N–H and O–H groups in total.